The van der Waals surface area contributed by atoms with Gasteiger partial charge >= 0.3 is 7.82 Å². The van der Waals surface area contributed by atoms with Crippen LogP contribution in [0, 0.1) is 0 Å². The highest BCUT2D eigenvalue weighted by Crippen LogP contribution is 2.43. The highest BCUT2D eigenvalue weighted by atomic mass is 31.2. The number of unbranched alkanes of at least 4 members (excludes halogenated alkanes) is 45. The molecule has 0 radical (unpaired) electrons. The average Bonchev–Trinajstić information content (AvgIpc) is 3.64. The number of aliphatic hydroxyl groups is 1. The largest absolute Gasteiger partial charge is 0.472 e. The summed E-state index contributed by atoms with van der Waals surface area (Å²) in [6.45, 7) is 4.75. The summed E-state index contributed by atoms with van der Waals surface area (Å²) in [4.78, 5) is 23.5. The molecule has 0 heterocycles. The number of amides is 1. The van der Waals surface area contributed by atoms with E-state index in [0.29, 0.717) is 17.4 Å². The molecule has 0 aliphatic heterocycles. The summed E-state index contributed by atoms with van der Waals surface area (Å²) in [6, 6.07) is -0.852. The molecule has 0 aromatic heterocycles. The van der Waals surface area contributed by atoms with Crippen molar-refractivity contribution in [3.05, 3.63) is 85.1 Å². The number of hydrogen-bond acceptors (Lipinski definition) is 5. The van der Waals surface area contributed by atoms with E-state index in [4.69, 9.17) is 9.05 Å². The maximum atomic E-state index is 13.1. The Morgan fingerprint density at radius 3 is 1.00 bits per heavy atom. The van der Waals surface area contributed by atoms with Crippen molar-refractivity contribution in [2.45, 2.75) is 373 Å². The third-order valence-corrected chi connectivity index (χ3v) is 18.1. The first kappa shape index (κ1) is 85.7. The van der Waals surface area contributed by atoms with Gasteiger partial charge in [0.25, 0.3) is 0 Å². The second kappa shape index (κ2) is 69.0. The standard InChI is InChI=1S/C79H147N2O6P/c1-6-8-10-12-14-16-18-20-22-24-26-28-30-32-34-36-38-39-40-41-43-45-47-49-51-53-55-57-59-61-63-65-67-69-71-73-79(83)80-77(76-87-88(84,85)86-75-74-81(3,4)5)78(82)72-70-68-66-64-62-60-58-56-54-52-50-48-46-44-42-37-35-33-31-29-27-25-23-21-19-17-15-13-11-9-7-2/h8,10,14,16,20,22,26,28,32,34,38-39,70,72,77-78,82H,6-7,9,11-13,15,17-19,21,23-25,27,29-31,33,35-37,40-69,71,73-76H2,1-5H3,(H-,80,83,84,85)/p+1/b10-8-,16-14-,22-20-,28-26-,34-32-,39-38-,72-70+. The van der Waals surface area contributed by atoms with Crippen molar-refractivity contribution in [3.63, 3.8) is 0 Å². The zero-order valence-corrected chi connectivity index (χ0v) is 59.9. The molecule has 0 aromatic carbocycles. The van der Waals surface area contributed by atoms with Crippen LogP contribution >= 0.6 is 7.82 Å². The van der Waals surface area contributed by atoms with E-state index in [1.807, 2.05) is 27.2 Å². The van der Waals surface area contributed by atoms with Crippen molar-refractivity contribution in [1.82, 2.24) is 5.32 Å². The van der Waals surface area contributed by atoms with Gasteiger partial charge < -0.3 is 19.8 Å². The number of nitrogens with zero attached hydrogens (tertiary/aromatic N) is 1. The van der Waals surface area contributed by atoms with E-state index >= 15 is 0 Å². The second-order valence-electron chi connectivity index (χ2n) is 27.0. The van der Waals surface area contributed by atoms with E-state index < -0.39 is 20.0 Å². The first-order chi connectivity index (χ1) is 43.0. The van der Waals surface area contributed by atoms with Crippen molar-refractivity contribution in [2.24, 2.45) is 0 Å². The van der Waals surface area contributed by atoms with Crippen LogP contribution in [0.15, 0.2) is 85.1 Å². The lowest BCUT2D eigenvalue weighted by atomic mass is 10.0. The monoisotopic (exact) mass is 1250 g/mol. The van der Waals surface area contributed by atoms with Crippen LogP contribution in [0.25, 0.3) is 0 Å². The van der Waals surface area contributed by atoms with Crippen LogP contribution in [0.3, 0.4) is 0 Å². The average molecular weight is 1250 g/mol. The summed E-state index contributed by atoms with van der Waals surface area (Å²) < 4.78 is 23.9. The molecule has 0 aliphatic rings. The molecule has 3 unspecified atom stereocenters. The Hall–Kier alpha value is -2.32. The topological polar surface area (TPSA) is 105 Å². The fraction of sp³-hybridized carbons (Fsp3) is 0.810. The molecular weight excluding hydrogens is 1100 g/mol. The molecule has 0 fully saturated rings. The van der Waals surface area contributed by atoms with Crippen molar-refractivity contribution in [3.8, 4) is 0 Å². The van der Waals surface area contributed by atoms with Gasteiger partial charge in [-0.15, -0.1) is 0 Å². The van der Waals surface area contributed by atoms with E-state index in [9.17, 15) is 19.4 Å². The van der Waals surface area contributed by atoms with E-state index in [1.165, 1.54) is 263 Å². The lowest BCUT2D eigenvalue weighted by molar-refractivity contribution is -0.870. The number of quaternary nitrogens is 1. The highest BCUT2D eigenvalue weighted by molar-refractivity contribution is 7.47. The SMILES string of the molecule is CC/C=C\C/C=C\C/C=C\C/C=C\C/C=C\C/C=C\CCCCCCCCCCCCCCCCCCC(=O)NC(COP(=O)(O)OCC[N+](C)(C)C)C(O)/C=C/CCCCCCCCCCCCCCCCCCCCCCCCCCCCCCC. The number of aliphatic hydroxyl groups excluding tert-OH is 1. The lowest BCUT2D eigenvalue weighted by Gasteiger charge is -2.25. The molecule has 0 saturated carbocycles. The number of phosphoric acid groups is 1. The summed E-state index contributed by atoms with van der Waals surface area (Å²) in [6.07, 6.45) is 98.9. The van der Waals surface area contributed by atoms with Gasteiger partial charge in [0.05, 0.1) is 39.9 Å². The Morgan fingerprint density at radius 2 is 0.682 bits per heavy atom. The Balaban J connectivity index is 4.02. The van der Waals surface area contributed by atoms with Crippen LogP contribution in [-0.4, -0.2) is 73.4 Å². The van der Waals surface area contributed by atoms with E-state index in [1.54, 1.807) is 6.08 Å². The quantitative estimate of drug-likeness (QED) is 0.0243. The van der Waals surface area contributed by atoms with Gasteiger partial charge in [-0.05, 0) is 70.6 Å². The fourth-order valence-corrected chi connectivity index (χ4v) is 12.0. The van der Waals surface area contributed by atoms with E-state index in [2.05, 4.69) is 92.1 Å². The summed E-state index contributed by atoms with van der Waals surface area (Å²) in [7, 11) is 1.58. The smallest absolute Gasteiger partial charge is 0.387 e. The highest BCUT2D eigenvalue weighted by Gasteiger charge is 2.28. The van der Waals surface area contributed by atoms with Crippen LogP contribution in [-0.2, 0) is 18.4 Å². The van der Waals surface area contributed by atoms with Crippen LogP contribution in [0.4, 0.5) is 0 Å². The van der Waals surface area contributed by atoms with Crippen molar-refractivity contribution < 1.29 is 32.9 Å². The van der Waals surface area contributed by atoms with Gasteiger partial charge in [-0.1, -0.05) is 369 Å². The van der Waals surface area contributed by atoms with Crippen LogP contribution in [0.1, 0.15) is 361 Å². The molecular formula is C79H148N2O6P+. The predicted octanol–water partition coefficient (Wildman–Crippen LogP) is 24.7. The third kappa shape index (κ3) is 71.1. The normalized spacial score (nSPS) is 14.0. The Bertz CT molecular complexity index is 1710. The number of nitrogens with one attached hydrogen (secondary N) is 1. The number of rotatable bonds is 70. The molecule has 0 saturated heterocycles. The second-order valence-corrected chi connectivity index (χ2v) is 28.5. The minimum Gasteiger partial charge on any atom is -0.387 e. The van der Waals surface area contributed by atoms with Gasteiger partial charge in [-0.3, -0.25) is 13.8 Å². The molecule has 0 aliphatic carbocycles. The Kier molecular flexibility index (Phi) is 67.2. The van der Waals surface area contributed by atoms with Crippen molar-refractivity contribution in [1.29, 1.82) is 0 Å². The molecule has 88 heavy (non-hydrogen) atoms. The van der Waals surface area contributed by atoms with Gasteiger partial charge in [-0.25, -0.2) is 4.57 Å². The minimum absolute atomic E-state index is 0.0604. The zero-order chi connectivity index (χ0) is 64.1. The minimum atomic E-state index is -4.36. The molecule has 0 aromatic rings. The molecule has 9 heteroatoms. The van der Waals surface area contributed by atoms with Crippen molar-refractivity contribution in [2.75, 3.05) is 40.9 Å². The molecule has 514 valence electrons. The van der Waals surface area contributed by atoms with Crippen LogP contribution < -0.4 is 5.32 Å². The maximum absolute atomic E-state index is 13.1. The van der Waals surface area contributed by atoms with Gasteiger partial charge in [0.15, 0.2) is 0 Å². The van der Waals surface area contributed by atoms with Crippen LogP contribution in [0.5, 0.6) is 0 Å². The van der Waals surface area contributed by atoms with Gasteiger partial charge in [0.2, 0.25) is 5.91 Å². The number of phosphoric ester groups is 1. The van der Waals surface area contributed by atoms with Crippen LogP contribution in [0.2, 0.25) is 0 Å². The predicted molar refractivity (Wildman–Crippen MR) is 387 cm³/mol. The van der Waals surface area contributed by atoms with Gasteiger partial charge in [-0.2, -0.15) is 0 Å². The summed E-state index contributed by atoms with van der Waals surface area (Å²) in [5.41, 5.74) is 0. The first-order valence-electron chi connectivity index (χ1n) is 38.0. The van der Waals surface area contributed by atoms with Crippen molar-refractivity contribution >= 4 is 13.7 Å². The summed E-state index contributed by atoms with van der Waals surface area (Å²) >= 11 is 0. The maximum Gasteiger partial charge on any atom is 0.472 e. The Labute approximate surface area is 547 Å². The molecule has 3 atom stereocenters. The fourth-order valence-electron chi connectivity index (χ4n) is 11.3. The number of hydrogen-bond donors (Lipinski definition) is 3. The van der Waals surface area contributed by atoms with E-state index in [-0.39, 0.29) is 19.1 Å². The number of carbonyl (C=O) groups is 1. The first-order valence-corrected chi connectivity index (χ1v) is 39.5. The molecule has 8 nitrogen and oxygen atoms in total. The Morgan fingerprint density at radius 1 is 0.398 bits per heavy atom. The third-order valence-electron chi connectivity index (χ3n) is 17.1. The number of carbonyl (C=O) groups excluding carboxylic acids is 1. The summed E-state index contributed by atoms with van der Waals surface area (Å²) in [5, 5.41) is 14.0. The molecule has 1 amide bonds. The van der Waals surface area contributed by atoms with Gasteiger partial charge in [0, 0.05) is 6.42 Å². The molecule has 0 bridgehead atoms. The summed E-state index contributed by atoms with van der Waals surface area (Å²) in [5.74, 6) is -0.174. The molecule has 0 rings (SSSR count). The lowest BCUT2D eigenvalue weighted by Crippen LogP contribution is -2.45. The number of likely N-dealkylation sites (N-methyl/N-ethyl adjacent to an activating group) is 1. The molecule has 0 spiro atoms. The van der Waals surface area contributed by atoms with E-state index in [0.717, 1.165) is 77.0 Å². The zero-order valence-electron chi connectivity index (χ0n) is 59.0. The molecule has 3 N–H and O–H groups in total. The van der Waals surface area contributed by atoms with Gasteiger partial charge in [0.1, 0.15) is 13.2 Å². The number of allylic oxidation sites excluding steroid dienone is 13.